The number of nitrogens with one attached hydrogen (secondary N) is 1. The maximum absolute atomic E-state index is 12.7. The highest BCUT2D eigenvalue weighted by atomic mass is 32.2. The molecule has 1 fully saturated rings. The Morgan fingerprint density at radius 1 is 1.16 bits per heavy atom. The number of pyridine rings is 1. The SMILES string of the molecule is CC(=O)c1oc2ccccc2c1NC(=O)CSc1nnc(-c2ccncc2)n1C1CC1. The van der Waals surface area contributed by atoms with Gasteiger partial charge in [-0.05, 0) is 37.1 Å². The first-order valence-corrected chi connectivity index (χ1v) is 10.9. The molecular formula is C22H19N5O3S. The molecule has 0 saturated heterocycles. The third-order valence-corrected chi connectivity index (χ3v) is 5.97. The summed E-state index contributed by atoms with van der Waals surface area (Å²) in [5.41, 5.74) is 1.92. The smallest absolute Gasteiger partial charge is 0.234 e. The summed E-state index contributed by atoms with van der Waals surface area (Å²) >= 11 is 1.33. The first-order valence-electron chi connectivity index (χ1n) is 9.92. The van der Waals surface area contributed by atoms with Crippen molar-refractivity contribution >= 4 is 40.1 Å². The Bertz CT molecular complexity index is 1280. The quantitative estimate of drug-likeness (QED) is 0.341. The van der Waals surface area contributed by atoms with Crippen molar-refractivity contribution < 1.29 is 14.0 Å². The van der Waals surface area contributed by atoms with Gasteiger partial charge in [-0.25, -0.2) is 0 Å². The second kappa shape index (κ2) is 7.99. The Hall–Kier alpha value is -3.46. The molecule has 0 atom stereocenters. The number of carbonyl (C=O) groups excluding carboxylic acids is 2. The Morgan fingerprint density at radius 3 is 2.68 bits per heavy atom. The lowest BCUT2D eigenvalue weighted by Gasteiger charge is -2.09. The van der Waals surface area contributed by atoms with Crippen LogP contribution in [0.4, 0.5) is 5.69 Å². The topological polar surface area (TPSA) is 103 Å². The maximum atomic E-state index is 12.7. The molecule has 3 aromatic heterocycles. The molecule has 1 aliphatic rings. The number of furan rings is 1. The van der Waals surface area contributed by atoms with Crippen LogP contribution >= 0.6 is 11.8 Å². The molecule has 5 rings (SSSR count). The summed E-state index contributed by atoms with van der Waals surface area (Å²) in [5.74, 6) is 0.593. The number of Topliss-reactive ketones (excluding diaryl/α,β-unsaturated/α-hetero) is 1. The number of hydrogen-bond donors (Lipinski definition) is 1. The number of ketones is 1. The van der Waals surface area contributed by atoms with Crippen LogP contribution in [0.25, 0.3) is 22.4 Å². The number of para-hydroxylation sites is 1. The Morgan fingerprint density at radius 2 is 1.94 bits per heavy atom. The molecule has 9 heteroatoms. The van der Waals surface area contributed by atoms with Crippen LogP contribution in [0.5, 0.6) is 0 Å². The fourth-order valence-electron chi connectivity index (χ4n) is 3.46. The van der Waals surface area contributed by atoms with Gasteiger partial charge in [0.25, 0.3) is 0 Å². The van der Waals surface area contributed by atoms with E-state index in [0.717, 1.165) is 24.2 Å². The monoisotopic (exact) mass is 433 g/mol. The van der Waals surface area contributed by atoms with E-state index in [4.69, 9.17) is 4.42 Å². The Kier molecular flexibility index (Phi) is 5.03. The van der Waals surface area contributed by atoms with Crippen LogP contribution in [0.3, 0.4) is 0 Å². The van der Waals surface area contributed by atoms with Gasteiger partial charge in [0.2, 0.25) is 5.91 Å². The summed E-state index contributed by atoms with van der Waals surface area (Å²) in [6.07, 6.45) is 5.59. The van der Waals surface area contributed by atoms with E-state index in [0.29, 0.717) is 27.9 Å². The van der Waals surface area contributed by atoms with E-state index in [1.807, 2.05) is 30.3 Å². The van der Waals surface area contributed by atoms with Crippen LogP contribution in [-0.2, 0) is 4.79 Å². The number of benzene rings is 1. The Balaban J connectivity index is 1.35. The van der Waals surface area contributed by atoms with Gasteiger partial charge in [-0.1, -0.05) is 23.9 Å². The van der Waals surface area contributed by atoms with Crippen molar-refractivity contribution in [3.8, 4) is 11.4 Å². The molecule has 1 aromatic carbocycles. The lowest BCUT2D eigenvalue weighted by molar-refractivity contribution is -0.113. The molecule has 0 unspecified atom stereocenters. The zero-order valence-electron chi connectivity index (χ0n) is 16.7. The molecule has 1 saturated carbocycles. The molecule has 1 aliphatic carbocycles. The number of hydrogen-bond acceptors (Lipinski definition) is 7. The zero-order chi connectivity index (χ0) is 21.4. The molecular weight excluding hydrogens is 414 g/mol. The summed E-state index contributed by atoms with van der Waals surface area (Å²) < 4.78 is 7.73. The largest absolute Gasteiger partial charge is 0.451 e. The van der Waals surface area contributed by atoms with Crippen molar-refractivity contribution in [1.29, 1.82) is 0 Å². The van der Waals surface area contributed by atoms with Gasteiger partial charge in [-0.15, -0.1) is 10.2 Å². The molecule has 156 valence electrons. The van der Waals surface area contributed by atoms with Crippen LogP contribution in [0, 0.1) is 0 Å². The van der Waals surface area contributed by atoms with Gasteiger partial charge in [-0.2, -0.15) is 0 Å². The molecule has 0 aliphatic heterocycles. The lowest BCUT2D eigenvalue weighted by atomic mass is 10.2. The zero-order valence-corrected chi connectivity index (χ0v) is 17.6. The second-order valence-electron chi connectivity index (χ2n) is 7.34. The van der Waals surface area contributed by atoms with Gasteiger partial charge in [0.15, 0.2) is 22.5 Å². The summed E-state index contributed by atoms with van der Waals surface area (Å²) in [7, 11) is 0. The van der Waals surface area contributed by atoms with Crippen molar-refractivity contribution in [2.75, 3.05) is 11.1 Å². The predicted molar refractivity (Wildman–Crippen MR) is 117 cm³/mol. The van der Waals surface area contributed by atoms with Gasteiger partial charge < -0.3 is 9.73 Å². The number of rotatable bonds is 7. The summed E-state index contributed by atoms with van der Waals surface area (Å²) in [6.45, 7) is 1.42. The summed E-state index contributed by atoms with van der Waals surface area (Å²) in [4.78, 5) is 28.8. The maximum Gasteiger partial charge on any atom is 0.234 e. The van der Waals surface area contributed by atoms with Gasteiger partial charge in [0.1, 0.15) is 5.58 Å². The molecule has 8 nitrogen and oxygen atoms in total. The minimum atomic E-state index is -0.241. The van der Waals surface area contributed by atoms with Gasteiger partial charge in [0, 0.05) is 36.3 Å². The number of amides is 1. The highest BCUT2D eigenvalue weighted by Gasteiger charge is 2.30. The van der Waals surface area contributed by atoms with Crippen LogP contribution < -0.4 is 5.32 Å². The van der Waals surface area contributed by atoms with Crippen molar-refractivity contribution in [3.63, 3.8) is 0 Å². The highest BCUT2D eigenvalue weighted by Crippen LogP contribution is 2.41. The highest BCUT2D eigenvalue weighted by molar-refractivity contribution is 7.99. The fourth-order valence-corrected chi connectivity index (χ4v) is 4.26. The third kappa shape index (κ3) is 3.84. The molecule has 31 heavy (non-hydrogen) atoms. The summed E-state index contributed by atoms with van der Waals surface area (Å²) in [6, 6.07) is 11.4. The van der Waals surface area contributed by atoms with Crippen LogP contribution in [0.15, 0.2) is 58.4 Å². The molecule has 0 radical (unpaired) electrons. The van der Waals surface area contributed by atoms with Gasteiger partial charge in [-0.3, -0.25) is 19.1 Å². The van der Waals surface area contributed by atoms with E-state index in [1.54, 1.807) is 18.5 Å². The summed E-state index contributed by atoms with van der Waals surface area (Å²) in [5, 5.41) is 12.9. The van der Waals surface area contributed by atoms with E-state index in [-0.39, 0.29) is 23.2 Å². The van der Waals surface area contributed by atoms with E-state index >= 15 is 0 Å². The minimum absolute atomic E-state index is 0.137. The number of thioether (sulfide) groups is 1. The van der Waals surface area contributed by atoms with E-state index in [2.05, 4.69) is 25.1 Å². The normalized spacial score (nSPS) is 13.5. The van der Waals surface area contributed by atoms with E-state index in [9.17, 15) is 9.59 Å². The molecule has 0 bridgehead atoms. The first kappa shape index (κ1) is 19.5. The van der Waals surface area contributed by atoms with E-state index in [1.165, 1.54) is 18.7 Å². The van der Waals surface area contributed by atoms with Gasteiger partial charge in [0.05, 0.1) is 11.4 Å². The average molecular weight is 433 g/mol. The third-order valence-electron chi connectivity index (χ3n) is 5.03. The standard InChI is InChI=1S/C22H19N5O3S/c1-13(28)20-19(16-4-2-3-5-17(16)30-20)24-18(29)12-31-22-26-25-21(27(22)15-6-7-15)14-8-10-23-11-9-14/h2-5,8-11,15H,6-7,12H2,1H3,(H,24,29). The second-order valence-corrected chi connectivity index (χ2v) is 8.28. The lowest BCUT2D eigenvalue weighted by Crippen LogP contribution is -2.16. The van der Waals surface area contributed by atoms with Crippen LogP contribution in [0.2, 0.25) is 0 Å². The fraction of sp³-hybridized carbons (Fsp3) is 0.227. The van der Waals surface area contributed by atoms with Crippen molar-refractivity contribution in [3.05, 3.63) is 54.6 Å². The van der Waals surface area contributed by atoms with Crippen molar-refractivity contribution in [1.82, 2.24) is 19.7 Å². The van der Waals surface area contributed by atoms with Crippen LogP contribution in [-0.4, -0.2) is 37.2 Å². The average Bonchev–Trinajstić information content (AvgIpc) is 3.43. The van der Waals surface area contributed by atoms with Gasteiger partial charge >= 0.3 is 0 Å². The molecule has 1 N–H and O–H groups in total. The minimum Gasteiger partial charge on any atom is -0.451 e. The number of carbonyl (C=O) groups is 2. The van der Waals surface area contributed by atoms with E-state index < -0.39 is 0 Å². The first-order chi connectivity index (χ1) is 15.1. The molecule has 4 aromatic rings. The van der Waals surface area contributed by atoms with Crippen molar-refractivity contribution in [2.45, 2.75) is 31.0 Å². The number of fused-ring (bicyclic) bond motifs is 1. The van der Waals surface area contributed by atoms with Crippen LogP contribution in [0.1, 0.15) is 36.4 Å². The number of aromatic nitrogens is 4. The Labute approximate surface area is 182 Å². The number of anilines is 1. The van der Waals surface area contributed by atoms with Crippen molar-refractivity contribution in [2.24, 2.45) is 0 Å². The molecule has 1 amide bonds. The number of nitrogens with zero attached hydrogens (tertiary/aromatic N) is 4. The predicted octanol–water partition coefficient (Wildman–Crippen LogP) is 4.35. The molecule has 3 heterocycles. The molecule has 0 spiro atoms.